The molecule has 0 aromatic carbocycles. The smallest absolute Gasteiger partial charge is 0.104 e. The monoisotopic (exact) mass is 176 g/mol. The molecule has 12 heavy (non-hydrogen) atoms. The Morgan fingerprint density at radius 1 is 1.17 bits per heavy atom. The summed E-state index contributed by atoms with van der Waals surface area (Å²) >= 11 is 0. The fraction of sp³-hybridized carbons (Fsp3) is 1.00. The molecule has 1 atom stereocenters. The Labute approximate surface area is 72.7 Å². The highest BCUT2D eigenvalue weighted by Crippen LogP contribution is 2.07. The normalized spacial score (nSPS) is 21.2. The summed E-state index contributed by atoms with van der Waals surface area (Å²) in [5.74, 6) is 0. The topological polar surface area (TPSA) is 40.2 Å². The molecule has 0 amide bonds. The molecule has 1 aliphatic rings. The molecule has 72 valence electrons. The van der Waals surface area contributed by atoms with E-state index in [1.807, 2.05) is 0 Å². The lowest BCUT2D eigenvalue weighted by Gasteiger charge is -2.03. The highest BCUT2D eigenvalue weighted by atomic mass is 16.6. The van der Waals surface area contributed by atoms with Crippen LogP contribution in [0.5, 0.6) is 0 Å². The number of hydrogen-bond acceptors (Lipinski definition) is 4. The van der Waals surface area contributed by atoms with E-state index in [9.17, 15) is 0 Å². The summed E-state index contributed by atoms with van der Waals surface area (Å²) in [5.41, 5.74) is 0. The quantitative estimate of drug-likeness (QED) is 0.387. The first-order valence-corrected chi connectivity index (χ1v) is 4.19. The van der Waals surface area contributed by atoms with Gasteiger partial charge in [-0.3, -0.25) is 0 Å². The summed E-state index contributed by atoms with van der Waals surface area (Å²) in [6.45, 7) is 4.11. The van der Waals surface area contributed by atoms with E-state index in [2.05, 4.69) is 0 Å². The third kappa shape index (κ3) is 5.49. The third-order valence-electron chi connectivity index (χ3n) is 1.51. The van der Waals surface area contributed by atoms with Crippen LogP contribution in [0.1, 0.15) is 0 Å². The van der Waals surface area contributed by atoms with Crippen molar-refractivity contribution in [1.29, 1.82) is 0 Å². The molecule has 0 N–H and O–H groups in total. The summed E-state index contributed by atoms with van der Waals surface area (Å²) in [6, 6.07) is 0. The van der Waals surface area contributed by atoms with Gasteiger partial charge in [0.2, 0.25) is 0 Å². The summed E-state index contributed by atoms with van der Waals surface area (Å²) in [5, 5.41) is 0. The van der Waals surface area contributed by atoms with Crippen LogP contribution in [-0.4, -0.2) is 52.9 Å². The average molecular weight is 176 g/mol. The molecular weight excluding hydrogens is 160 g/mol. The Kier molecular flexibility index (Phi) is 5.27. The van der Waals surface area contributed by atoms with Crippen molar-refractivity contribution in [1.82, 2.24) is 0 Å². The Hall–Kier alpha value is -0.160. The van der Waals surface area contributed by atoms with Gasteiger partial charge in [-0.05, 0) is 0 Å². The molecular formula is C8H16O4. The van der Waals surface area contributed by atoms with Crippen molar-refractivity contribution in [3.8, 4) is 0 Å². The maximum absolute atomic E-state index is 5.25. The van der Waals surface area contributed by atoms with Crippen LogP contribution in [0, 0.1) is 0 Å². The zero-order chi connectivity index (χ0) is 8.65. The molecule has 1 heterocycles. The molecule has 0 radical (unpaired) electrons. The van der Waals surface area contributed by atoms with Crippen LogP contribution in [-0.2, 0) is 18.9 Å². The molecule has 0 bridgehead atoms. The van der Waals surface area contributed by atoms with Crippen LogP contribution < -0.4 is 0 Å². The van der Waals surface area contributed by atoms with Crippen molar-refractivity contribution in [2.75, 3.05) is 46.8 Å². The van der Waals surface area contributed by atoms with Crippen molar-refractivity contribution in [3.05, 3.63) is 0 Å². The van der Waals surface area contributed by atoms with E-state index in [4.69, 9.17) is 18.9 Å². The third-order valence-corrected chi connectivity index (χ3v) is 1.51. The maximum Gasteiger partial charge on any atom is 0.104 e. The van der Waals surface area contributed by atoms with Gasteiger partial charge in [-0.1, -0.05) is 0 Å². The largest absolute Gasteiger partial charge is 0.382 e. The van der Waals surface area contributed by atoms with Crippen LogP contribution in [0.3, 0.4) is 0 Å². The van der Waals surface area contributed by atoms with Crippen LogP contribution in [0.15, 0.2) is 0 Å². The summed E-state index contributed by atoms with van der Waals surface area (Å²) < 4.78 is 20.2. The fourth-order valence-electron chi connectivity index (χ4n) is 0.741. The van der Waals surface area contributed by atoms with Gasteiger partial charge in [0, 0.05) is 7.11 Å². The maximum atomic E-state index is 5.25. The first kappa shape index (κ1) is 9.92. The van der Waals surface area contributed by atoms with Gasteiger partial charge in [0.05, 0.1) is 39.6 Å². The van der Waals surface area contributed by atoms with Crippen LogP contribution >= 0.6 is 0 Å². The minimum Gasteiger partial charge on any atom is -0.382 e. The second-order valence-electron chi connectivity index (χ2n) is 2.64. The standard InChI is InChI=1S/C8H16O4/c1-9-2-3-10-4-5-11-6-8-7-12-8/h8H,2-7H2,1H3/t8-/m0/s1. The lowest BCUT2D eigenvalue weighted by atomic mass is 10.5. The number of rotatable bonds is 8. The van der Waals surface area contributed by atoms with Gasteiger partial charge in [0.1, 0.15) is 6.10 Å². The van der Waals surface area contributed by atoms with Crippen LogP contribution in [0.25, 0.3) is 0 Å². The van der Waals surface area contributed by atoms with E-state index in [0.717, 1.165) is 6.61 Å². The predicted molar refractivity (Wildman–Crippen MR) is 43.3 cm³/mol. The number of methoxy groups -OCH3 is 1. The highest BCUT2D eigenvalue weighted by molar-refractivity contribution is 4.66. The molecule has 1 saturated heterocycles. The van der Waals surface area contributed by atoms with Gasteiger partial charge in [0.15, 0.2) is 0 Å². The lowest BCUT2D eigenvalue weighted by molar-refractivity contribution is 0.0213. The average Bonchev–Trinajstić information content (AvgIpc) is 2.87. The zero-order valence-electron chi connectivity index (χ0n) is 7.45. The Morgan fingerprint density at radius 2 is 1.83 bits per heavy atom. The van der Waals surface area contributed by atoms with Gasteiger partial charge in [-0.2, -0.15) is 0 Å². The fourth-order valence-corrected chi connectivity index (χ4v) is 0.741. The number of epoxide rings is 1. The predicted octanol–water partition coefficient (Wildman–Crippen LogP) is 0.0648. The Bertz CT molecular complexity index is 103. The molecule has 0 aliphatic carbocycles. The van der Waals surface area contributed by atoms with E-state index in [1.165, 1.54) is 0 Å². The number of ether oxygens (including phenoxy) is 4. The van der Waals surface area contributed by atoms with Gasteiger partial charge >= 0.3 is 0 Å². The zero-order valence-corrected chi connectivity index (χ0v) is 7.45. The summed E-state index contributed by atoms with van der Waals surface area (Å²) in [6.07, 6.45) is 0.351. The number of hydrogen-bond donors (Lipinski definition) is 0. The van der Waals surface area contributed by atoms with Crippen molar-refractivity contribution in [2.24, 2.45) is 0 Å². The van der Waals surface area contributed by atoms with Crippen LogP contribution in [0.2, 0.25) is 0 Å². The molecule has 0 aromatic rings. The minimum absolute atomic E-state index is 0.351. The lowest BCUT2D eigenvalue weighted by Crippen LogP contribution is -2.10. The molecule has 1 fully saturated rings. The second-order valence-corrected chi connectivity index (χ2v) is 2.64. The van der Waals surface area contributed by atoms with Gasteiger partial charge in [-0.15, -0.1) is 0 Å². The van der Waals surface area contributed by atoms with Crippen molar-refractivity contribution < 1.29 is 18.9 Å². The van der Waals surface area contributed by atoms with Gasteiger partial charge in [-0.25, -0.2) is 0 Å². The molecule has 0 unspecified atom stereocenters. The molecule has 0 spiro atoms. The molecule has 0 aromatic heterocycles. The van der Waals surface area contributed by atoms with E-state index >= 15 is 0 Å². The van der Waals surface area contributed by atoms with Gasteiger partial charge < -0.3 is 18.9 Å². The van der Waals surface area contributed by atoms with Gasteiger partial charge in [0.25, 0.3) is 0 Å². The first-order valence-electron chi connectivity index (χ1n) is 4.19. The van der Waals surface area contributed by atoms with E-state index < -0.39 is 0 Å². The highest BCUT2D eigenvalue weighted by Gasteiger charge is 2.21. The van der Waals surface area contributed by atoms with E-state index in [1.54, 1.807) is 7.11 Å². The summed E-state index contributed by atoms with van der Waals surface area (Å²) in [4.78, 5) is 0. The Morgan fingerprint density at radius 3 is 2.50 bits per heavy atom. The SMILES string of the molecule is COCCOCCOC[C@H]1CO1. The summed E-state index contributed by atoms with van der Waals surface area (Å²) in [7, 11) is 1.66. The van der Waals surface area contributed by atoms with Crippen molar-refractivity contribution >= 4 is 0 Å². The molecule has 1 aliphatic heterocycles. The van der Waals surface area contributed by atoms with Crippen molar-refractivity contribution in [3.63, 3.8) is 0 Å². The Balaban J connectivity index is 1.65. The van der Waals surface area contributed by atoms with E-state index in [0.29, 0.717) is 39.1 Å². The molecule has 4 nitrogen and oxygen atoms in total. The van der Waals surface area contributed by atoms with E-state index in [-0.39, 0.29) is 0 Å². The first-order chi connectivity index (χ1) is 5.93. The minimum atomic E-state index is 0.351. The molecule has 0 saturated carbocycles. The second kappa shape index (κ2) is 6.37. The van der Waals surface area contributed by atoms with Crippen LogP contribution in [0.4, 0.5) is 0 Å². The van der Waals surface area contributed by atoms with Crippen molar-refractivity contribution in [2.45, 2.75) is 6.10 Å². The molecule has 1 rings (SSSR count). The molecule has 4 heteroatoms.